The van der Waals surface area contributed by atoms with Crippen molar-refractivity contribution in [2.24, 2.45) is 0 Å². The fourth-order valence-corrected chi connectivity index (χ4v) is 5.73. The normalized spacial score (nSPS) is 40.7. The average molecular weight is 315 g/mol. The fourth-order valence-electron chi connectivity index (χ4n) is 5.73. The van der Waals surface area contributed by atoms with Gasteiger partial charge in [-0.2, -0.15) is 0 Å². The van der Waals surface area contributed by atoms with Crippen LogP contribution in [0.2, 0.25) is 0 Å². The number of nitrogens with zero attached hydrogens (tertiary/aromatic N) is 1. The summed E-state index contributed by atoms with van der Waals surface area (Å²) < 4.78 is 6.13. The number of benzene rings is 1. The number of Topliss-reactive ketones (excluding diaryl/α,β-unsaturated/α-hetero) is 1. The first kappa shape index (κ1) is 14.0. The molecule has 4 atom stereocenters. The summed E-state index contributed by atoms with van der Waals surface area (Å²) in [5, 5.41) is 21.4. The van der Waals surface area contributed by atoms with Crippen molar-refractivity contribution in [2.75, 3.05) is 13.6 Å². The minimum atomic E-state index is -0.926. The molecule has 0 radical (unpaired) electrons. The van der Waals surface area contributed by atoms with Gasteiger partial charge in [0.05, 0.1) is 17.6 Å². The molecule has 4 aliphatic rings. The van der Waals surface area contributed by atoms with Gasteiger partial charge in [0.1, 0.15) is 5.75 Å². The quantitative estimate of drug-likeness (QED) is 0.791. The Bertz CT molecular complexity index is 732. The molecule has 1 spiro atoms. The van der Waals surface area contributed by atoms with Crippen LogP contribution in [0.25, 0.3) is 0 Å². The Hall–Kier alpha value is -1.43. The molecule has 5 heteroatoms. The molecule has 2 fully saturated rings. The van der Waals surface area contributed by atoms with Gasteiger partial charge < -0.3 is 19.8 Å². The first-order chi connectivity index (χ1) is 11.0. The Labute approximate surface area is 134 Å². The van der Waals surface area contributed by atoms with Gasteiger partial charge in [-0.05, 0) is 38.4 Å². The number of likely N-dealkylation sites (N-methyl/N-ethyl adjacent to an activating group) is 1. The van der Waals surface area contributed by atoms with Crippen molar-refractivity contribution in [2.45, 2.75) is 55.5 Å². The molecule has 2 unspecified atom stereocenters. The summed E-state index contributed by atoms with van der Waals surface area (Å²) in [6.45, 7) is 0.740. The number of piperidine rings is 1. The highest BCUT2D eigenvalue weighted by Crippen LogP contribution is 2.63. The van der Waals surface area contributed by atoms with Gasteiger partial charge in [0, 0.05) is 23.6 Å². The zero-order valence-corrected chi connectivity index (χ0v) is 13.2. The van der Waals surface area contributed by atoms with Crippen LogP contribution in [0.15, 0.2) is 12.1 Å². The first-order valence-corrected chi connectivity index (χ1v) is 8.41. The van der Waals surface area contributed by atoms with Crippen LogP contribution in [0.1, 0.15) is 36.0 Å². The Balaban J connectivity index is 1.86. The highest BCUT2D eigenvalue weighted by Gasteiger charge is 2.72. The van der Waals surface area contributed by atoms with Gasteiger partial charge in [-0.15, -0.1) is 0 Å². The van der Waals surface area contributed by atoms with Crippen LogP contribution in [-0.2, 0) is 23.2 Å². The highest BCUT2D eigenvalue weighted by atomic mass is 16.5. The van der Waals surface area contributed by atoms with Gasteiger partial charge in [0.2, 0.25) is 0 Å². The van der Waals surface area contributed by atoms with E-state index in [0.717, 1.165) is 36.1 Å². The van der Waals surface area contributed by atoms with E-state index in [1.54, 1.807) is 0 Å². The van der Waals surface area contributed by atoms with Crippen LogP contribution < -0.4 is 4.74 Å². The van der Waals surface area contributed by atoms with Crippen LogP contribution in [0.4, 0.5) is 0 Å². The maximum Gasteiger partial charge on any atom is 0.174 e. The number of hydrogen-bond donors (Lipinski definition) is 2. The van der Waals surface area contributed by atoms with Gasteiger partial charge in [-0.25, -0.2) is 0 Å². The lowest BCUT2D eigenvalue weighted by atomic mass is 9.49. The number of carbonyl (C=O) groups is 1. The molecule has 2 N–H and O–H groups in total. The van der Waals surface area contributed by atoms with Gasteiger partial charge in [0.15, 0.2) is 11.9 Å². The van der Waals surface area contributed by atoms with Crippen LogP contribution in [0, 0.1) is 0 Å². The molecule has 2 aliphatic carbocycles. The first-order valence-electron chi connectivity index (χ1n) is 8.41. The summed E-state index contributed by atoms with van der Waals surface area (Å²) in [4.78, 5) is 14.9. The lowest BCUT2D eigenvalue weighted by Crippen LogP contribution is -2.76. The Morgan fingerprint density at radius 3 is 3.00 bits per heavy atom. The second-order valence-electron chi connectivity index (χ2n) is 7.56. The molecule has 2 aliphatic heterocycles. The third-order valence-corrected chi connectivity index (χ3v) is 6.80. The van der Waals surface area contributed by atoms with Gasteiger partial charge >= 0.3 is 0 Å². The molecule has 1 aromatic rings. The molecule has 2 heterocycles. The zero-order chi connectivity index (χ0) is 16.0. The molecular formula is C18H21NO4. The van der Waals surface area contributed by atoms with Crippen molar-refractivity contribution in [3.05, 3.63) is 28.8 Å². The van der Waals surface area contributed by atoms with Gasteiger partial charge in [-0.3, -0.25) is 4.79 Å². The van der Waals surface area contributed by atoms with E-state index in [2.05, 4.69) is 11.9 Å². The molecule has 5 rings (SSSR count). The lowest BCUT2D eigenvalue weighted by Gasteiger charge is -2.62. The number of likely N-dealkylation sites (tertiary alicyclic amines) is 1. The largest absolute Gasteiger partial charge is 0.481 e. The molecule has 1 saturated heterocycles. The number of carbonyl (C=O) groups excluding carboxylic acids is 1. The Morgan fingerprint density at radius 2 is 2.22 bits per heavy atom. The minimum Gasteiger partial charge on any atom is -0.481 e. The summed E-state index contributed by atoms with van der Waals surface area (Å²) in [6, 6.07) is 3.96. The summed E-state index contributed by atoms with van der Waals surface area (Å²) in [5.41, 5.74) is 1.34. The average Bonchev–Trinajstić information content (AvgIpc) is 2.90. The molecule has 0 amide bonds. The summed E-state index contributed by atoms with van der Waals surface area (Å²) in [7, 11) is 2.06. The summed E-state index contributed by atoms with van der Waals surface area (Å²) in [5.74, 6) is 0.748. The smallest absolute Gasteiger partial charge is 0.174 e. The molecule has 122 valence electrons. The van der Waals surface area contributed by atoms with E-state index < -0.39 is 17.1 Å². The topological polar surface area (TPSA) is 70.0 Å². The third-order valence-electron chi connectivity index (χ3n) is 6.80. The van der Waals surface area contributed by atoms with Crippen molar-refractivity contribution in [3.63, 3.8) is 0 Å². The van der Waals surface area contributed by atoms with E-state index >= 15 is 0 Å². The molecule has 1 saturated carbocycles. The number of ketones is 1. The van der Waals surface area contributed by atoms with Crippen LogP contribution in [-0.4, -0.2) is 52.2 Å². The summed E-state index contributed by atoms with van der Waals surface area (Å²) in [6.07, 6.45) is 1.77. The molecule has 23 heavy (non-hydrogen) atoms. The van der Waals surface area contributed by atoms with Crippen molar-refractivity contribution in [3.8, 4) is 5.75 Å². The third kappa shape index (κ3) is 1.35. The standard InChI is InChI=1S/C18H21NO4/c1-19-7-6-17-14-10-2-3-11(9-20)15(14)23-16(17)12(21)4-5-18(17,22)13(19)8-10/h2-3,13,16,20,22H,4-9H2,1H3/t13?,16?,17-,18+/m0/s1. The van der Waals surface area contributed by atoms with Gasteiger partial charge in [0.25, 0.3) is 0 Å². The number of rotatable bonds is 1. The van der Waals surface area contributed by atoms with Crippen LogP contribution in [0.5, 0.6) is 5.75 Å². The molecule has 0 aromatic heterocycles. The predicted molar refractivity (Wildman–Crippen MR) is 82.4 cm³/mol. The number of ether oxygens (including phenoxy) is 1. The lowest BCUT2D eigenvalue weighted by molar-refractivity contribution is -0.185. The highest BCUT2D eigenvalue weighted by molar-refractivity contribution is 5.89. The van der Waals surface area contributed by atoms with Crippen molar-refractivity contribution in [1.29, 1.82) is 0 Å². The Kier molecular flexibility index (Phi) is 2.52. The van der Waals surface area contributed by atoms with Crippen LogP contribution >= 0.6 is 0 Å². The molecule has 1 aromatic carbocycles. The van der Waals surface area contributed by atoms with Crippen molar-refractivity contribution >= 4 is 5.78 Å². The van der Waals surface area contributed by atoms with Crippen molar-refractivity contribution in [1.82, 2.24) is 4.90 Å². The van der Waals surface area contributed by atoms with E-state index in [-0.39, 0.29) is 18.4 Å². The monoisotopic (exact) mass is 315 g/mol. The molecular weight excluding hydrogens is 294 g/mol. The van der Waals surface area contributed by atoms with E-state index in [1.165, 1.54) is 0 Å². The van der Waals surface area contributed by atoms with E-state index in [4.69, 9.17) is 4.74 Å². The van der Waals surface area contributed by atoms with E-state index in [1.807, 2.05) is 12.1 Å². The SMILES string of the molecule is CN1CC[C@]23c4c5ccc(CO)c4OC2C(=O)CC[C@@]3(O)C1C5. The van der Waals surface area contributed by atoms with Crippen molar-refractivity contribution < 1.29 is 19.7 Å². The number of hydrogen-bond acceptors (Lipinski definition) is 5. The predicted octanol–water partition coefficient (Wildman–Crippen LogP) is 0.532. The van der Waals surface area contributed by atoms with Crippen LogP contribution in [0.3, 0.4) is 0 Å². The second kappa shape index (κ2) is 4.15. The number of aliphatic hydroxyl groups is 2. The fraction of sp³-hybridized carbons (Fsp3) is 0.611. The van der Waals surface area contributed by atoms with Gasteiger partial charge in [-0.1, -0.05) is 12.1 Å². The Morgan fingerprint density at radius 1 is 1.39 bits per heavy atom. The molecule has 5 nitrogen and oxygen atoms in total. The number of aliphatic hydroxyl groups excluding tert-OH is 1. The summed E-state index contributed by atoms with van der Waals surface area (Å²) >= 11 is 0. The second-order valence-corrected chi connectivity index (χ2v) is 7.56. The molecule has 2 bridgehead atoms. The van der Waals surface area contributed by atoms with E-state index in [0.29, 0.717) is 18.6 Å². The minimum absolute atomic E-state index is 0.0221. The maximum atomic E-state index is 12.6. The maximum absolute atomic E-state index is 12.6. The van der Waals surface area contributed by atoms with E-state index in [9.17, 15) is 15.0 Å². The zero-order valence-electron chi connectivity index (χ0n) is 13.2.